The van der Waals surface area contributed by atoms with Crippen LogP contribution in [0.5, 0.6) is 5.75 Å². The van der Waals surface area contributed by atoms with Crippen LogP contribution in [0.2, 0.25) is 5.02 Å². The SMILES string of the molecule is Cc1c(Cl)cccc1NC(=O)c1cc2ccc(OCc3ccccc3)cc2[nH]1. The van der Waals surface area contributed by atoms with Gasteiger partial charge in [-0.2, -0.15) is 0 Å². The predicted octanol–water partition coefficient (Wildman–Crippen LogP) is 5.96. The van der Waals surface area contributed by atoms with E-state index in [4.69, 9.17) is 16.3 Å². The fourth-order valence-corrected chi connectivity index (χ4v) is 3.17. The number of benzene rings is 3. The fraction of sp³-hybridized carbons (Fsp3) is 0.0870. The lowest BCUT2D eigenvalue weighted by Crippen LogP contribution is -2.13. The van der Waals surface area contributed by atoms with Crippen LogP contribution in [-0.4, -0.2) is 10.9 Å². The van der Waals surface area contributed by atoms with Crippen LogP contribution in [-0.2, 0) is 6.61 Å². The summed E-state index contributed by atoms with van der Waals surface area (Å²) in [6, 6.07) is 23.0. The smallest absolute Gasteiger partial charge is 0.272 e. The van der Waals surface area contributed by atoms with Gasteiger partial charge in [0, 0.05) is 27.7 Å². The van der Waals surface area contributed by atoms with Crippen molar-refractivity contribution in [2.45, 2.75) is 13.5 Å². The number of carbonyl (C=O) groups excluding carboxylic acids is 1. The van der Waals surface area contributed by atoms with Gasteiger partial charge in [0.2, 0.25) is 0 Å². The van der Waals surface area contributed by atoms with Gasteiger partial charge in [0.05, 0.1) is 0 Å². The largest absolute Gasteiger partial charge is 0.489 e. The number of anilines is 1. The lowest BCUT2D eigenvalue weighted by atomic mass is 10.2. The van der Waals surface area contributed by atoms with E-state index >= 15 is 0 Å². The number of fused-ring (bicyclic) bond motifs is 1. The van der Waals surface area contributed by atoms with E-state index in [0.29, 0.717) is 23.0 Å². The number of carbonyl (C=O) groups is 1. The number of aromatic amines is 1. The molecule has 1 amide bonds. The molecule has 5 heteroatoms. The second-order valence-electron chi connectivity index (χ2n) is 6.57. The van der Waals surface area contributed by atoms with E-state index < -0.39 is 0 Å². The first kappa shape index (κ1) is 18.1. The van der Waals surface area contributed by atoms with Crippen molar-refractivity contribution in [3.8, 4) is 5.75 Å². The third kappa shape index (κ3) is 3.87. The van der Waals surface area contributed by atoms with Crippen LogP contribution in [0.1, 0.15) is 21.6 Å². The van der Waals surface area contributed by atoms with Crippen molar-refractivity contribution in [1.82, 2.24) is 4.98 Å². The molecule has 0 unspecified atom stereocenters. The monoisotopic (exact) mass is 390 g/mol. The Hall–Kier alpha value is -3.24. The molecule has 0 aliphatic heterocycles. The van der Waals surface area contributed by atoms with Crippen molar-refractivity contribution in [1.29, 1.82) is 0 Å². The first-order chi connectivity index (χ1) is 13.6. The number of H-pyrrole nitrogens is 1. The van der Waals surface area contributed by atoms with Crippen molar-refractivity contribution >= 4 is 34.1 Å². The van der Waals surface area contributed by atoms with E-state index in [-0.39, 0.29) is 5.91 Å². The number of nitrogens with one attached hydrogen (secondary N) is 2. The van der Waals surface area contributed by atoms with E-state index in [1.807, 2.05) is 73.7 Å². The first-order valence-corrected chi connectivity index (χ1v) is 9.34. The molecule has 0 bridgehead atoms. The standard InChI is InChI=1S/C23H19ClN2O2/c1-15-19(24)8-5-9-20(15)26-23(27)22-12-17-10-11-18(13-21(17)25-22)28-14-16-6-3-2-4-7-16/h2-13,25H,14H2,1H3,(H,26,27). The van der Waals surface area contributed by atoms with Gasteiger partial charge in [-0.15, -0.1) is 0 Å². The van der Waals surface area contributed by atoms with Gasteiger partial charge in [0.15, 0.2) is 0 Å². The van der Waals surface area contributed by atoms with Crippen LogP contribution in [0.15, 0.2) is 72.8 Å². The van der Waals surface area contributed by atoms with Gasteiger partial charge in [-0.25, -0.2) is 0 Å². The summed E-state index contributed by atoms with van der Waals surface area (Å²) in [5.41, 5.74) is 3.97. The van der Waals surface area contributed by atoms with Crippen LogP contribution in [0.4, 0.5) is 5.69 Å². The molecule has 0 aliphatic rings. The number of ether oxygens (including phenoxy) is 1. The van der Waals surface area contributed by atoms with E-state index in [1.54, 1.807) is 6.07 Å². The average Bonchev–Trinajstić information content (AvgIpc) is 3.14. The summed E-state index contributed by atoms with van der Waals surface area (Å²) < 4.78 is 5.86. The topological polar surface area (TPSA) is 54.1 Å². The molecule has 3 aromatic carbocycles. The highest BCUT2D eigenvalue weighted by atomic mass is 35.5. The molecule has 0 fully saturated rings. The molecule has 0 saturated carbocycles. The molecule has 2 N–H and O–H groups in total. The number of rotatable bonds is 5. The van der Waals surface area contributed by atoms with E-state index in [2.05, 4.69) is 10.3 Å². The zero-order valence-corrected chi connectivity index (χ0v) is 16.1. The lowest BCUT2D eigenvalue weighted by Gasteiger charge is -2.08. The summed E-state index contributed by atoms with van der Waals surface area (Å²) in [6.07, 6.45) is 0. The Morgan fingerprint density at radius 2 is 1.86 bits per heavy atom. The molecule has 1 aromatic heterocycles. The minimum absolute atomic E-state index is 0.215. The Morgan fingerprint density at radius 1 is 1.04 bits per heavy atom. The van der Waals surface area contributed by atoms with Gasteiger partial charge in [-0.05, 0) is 48.4 Å². The van der Waals surface area contributed by atoms with Gasteiger partial charge in [0.25, 0.3) is 5.91 Å². The molecule has 4 nitrogen and oxygen atoms in total. The molecular formula is C23H19ClN2O2. The van der Waals surface area contributed by atoms with E-state index in [0.717, 1.165) is 27.8 Å². The molecular weight excluding hydrogens is 372 g/mol. The summed E-state index contributed by atoms with van der Waals surface area (Å²) in [4.78, 5) is 15.8. The van der Waals surface area contributed by atoms with Crippen LogP contribution in [0, 0.1) is 6.92 Å². The number of aromatic nitrogens is 1. The molecule has 28 heavy (non-hydrogen) atoms. The van der Waals surface area contributed by atoms with Crippen molar-refractivity contribution in [2.75, 3.05) is 5.32 Å². The van der Waals surface area contributed by atoms with E-state index in [1.165, 1.54) is 0 Å². The van der Waals surface area contributed by atoms with Gasteiger partial charge in [0.1, 0.15) is 18.1 Å². The highest BCUT2D eigenvalue weighted by Crippen LogP contribution is 2.25. The van der Waals surface area contributed by atoms with Crippen molar-refractivity contribution in [3.05, 3.63) is 94.6 Å². The Kier molecular flexibility index (Phi) is 5.04. The minimum Gasteiger partial charge on any atom is -0.489 e. The quantitative estimate of drug-likeness (QED) is 0.441. The second-order valence-corrected chi connectivity index (χ2v) is 6.98. The summed E-state index contributed by atoms with van der Waals surface area (Å²) >= 11 is 6.13. The number of hydrogen-bond acceptors (Lipinski definition) is 2. The molecule has 0 radical (unpaired) electrons. The van der Waals surface area contributed by atoms with Crippen molar-refractivity contribution in [2.24, 2.45) is 0 Å². The maximum absolute atomic E-state index is 12.6. The predicted molar refractivity (Wildman–Crippen MR) is 113 cm³/mol. The van der Waals surface area contributed by atoms with Crippen molar-refractivity contribution in [3.63, 3.8) is 0 Å². The maximum atomic E-state index is 12.6. The van der Waals surface area contributed by atoms with Crippen molar-refractivity contribution < 1.29 is 9.53 Å². The Labute approximate surface area is 168 Å². The molecule has 1 heterocycles. The molecule has 4 rings (SSSR count). The van der Waals surface area contributed by atoms with Gasteiger partial charge >= 0.3 is 0 Å². The molecule has 140 valence electrons. The zero-order chi connectivity index (χ0) is 19.5. The van der Waals surface area contributed by atoms with Crippen LogP contribution in [0.25, 0.3) is 10.9 Å². The molecule has 0 aliphatic carbocycles. The molecule has 4 aromatic rings. The number of halogens is 1. The van der Waals surface area contributed by atoms with Gasteiger partial charge < -0.3 is 15.0 Å². The van der Waals surface area contributed by atoms with Gasteiger partial charge in [-0.1, -0.05) is 48.0 Å². The Bertz CT molecular complexity index is 1140. The summed E-state index contributed by atoms with van der Waals surface area (Å²) in [5.74, 6) is 0.532. The Balaban J connectivity index is 1.51. The molecule has 0 saturated heterocycles. The summed E-state index contributed by atoms with van der Waals surface area (Å²) in [6.45, 7) is 2.37. The second kappa shape index (κ2) is 7.79. The fourth-order valence-electron chi connectivity index (χ4n) is 2.99. The third-order valence-corrected chi connectivity index (χ3v) is 5.01. The summed E-state index contributed by atoms with van der Waals surface area (Å²) in [7, 11) is 0. The van der Waals surface area contributed by atoms with Crippen LogP contribution in [0.3, 0.4) is 0 Å². The normalized spacial score (nSPS) is 10.8. The summed E-state index contributed by atoms with van der Waals surface area (Å²) in [5, 5.41) is 4.47. The first-order valence-electron chi connectivity index (χ1n) is 8.96. The average molecular weight is 391 g/mol. The minimum atomic E-state index is -0.215. The number of amides is 1. The highest BCUT2D eigenvalue weighted by Gasteiger charge is 2.12. The Morgan fingerprint density at radius 3 is 2.68 bits per heavy atom. The maximum Gasteiger partial charge on any atom is 0.272 e. The highest BCUT2D eigenvalue weighted by molar-refractivity contribution is 6.31. The number of hydrogen-bond donors (Lipinski definition) is 2. The zero-order valence-electron chi connectivity index (χ0n) is 15.3. The lowest BCUT2D eigenvalue weighted by molar-refractivity contribution is 0.102. The van der Waals surface area contributed by atoms with Gasteiger partial charge in [-0.3, -0.25) is 4.79 Å². The van der Waals surface area contributed by atoms with Crippen LogP contribution < -0.4 is 10.1 Å². The van der Waals surface area contributed by atoms with Crippen LogP contribution >= 0.6 is 11.6 Å². The molecule has 0 spiro atoms. The molecule has 0 atom stereocenters. The van der Waals surface area contributed by atoms with E-state index in [9.17, 15) is 4.79 Å². The third-order valence-electron chi connectivity index (χ3n) is 4.60.